The van der Waals surface area contributed by atoms with Crippen molar-refractivity contribution in [2.45, 2.75) is 32.8 Å². The Hall–Kier alpha value is -0.420. The van der Waals surface area contributed by atoms with Crippen LogP contribution in [0.4, 0.5) is 0 Å². The first-order chi connectivity index (χ1) is 9.77. The fourth-order valence-corrected chi connectivity index (χ4v) is 2.30. The topological polar surface area (TPSA) is 30.5 Å². The molecule has 0 aliphatic rings. The van der Waals surface area contributed by atoms with Gasteiger partial charge in [0.2, 0.25) is 0 Å². The lowest BCUT2D eigenvalue weighted by molar-refractivity contribution is 0.00431. The van der Waals surface area contributed by atoms with Crippen molar-refractivity contribution < 1.29 is 9.47 Å². The van der Waals surface area contributed by atoms with Crippen molar-refractivity contribution in [1.29, 1.82) is 0 Å². The van der Waals surface area contributed by atoms with Crippen LogP contribution in [0.3, 0.4) is 0 Å². The highest BCUT2D eigenvalue weighted by atomic mass is 79.9. The summed E-state index contributed by atoms with van der Waals surface area (Å²) in [5.41, 5.74) is 1.19. The maximum absolute atomic E-state index is 5.97. The van der Waals surface area contributed by atoms with Crippen LogP contribution >= 0.6 is 15.9 Å². The third kappa shape index (κ3) is 7.39. The smallest absolute Gasteiger partial charge is 0.0950 e. The van der Waals surface area contributed by atoms with Crippen LogP contribution in [0.5, 0.6) is 0 Å². The van der Waals surface area contributed by atoms with E-state index in [4.69, 9.17) is 9.47 Å². The summed E-state index contributed by atoms with van der Waals surface area (Å²) in [6.07, 6.45) is 2.25. The first kappa shape index (κ1) is 17.6. The minimum atomic E-state index is 0.0734. The summed E-state index contributed by atoms with van der Waals surface area (Å²) in [5, 5.41) is 3.42. The van der Waals surface area contributed by atoms with Gasteiger partial charge in [0.25, 0.3) is 0 Å². The van der Waals surface area contributed by atoms with Gasteiger partial charge in [-0.2, -0.15) is 0 Å². The van der Waals surface area contributed by atoms with Crippen molar-refractivity contribution in [3.63, 3.8) is 0 Å². The first-order valence-electron chi connectivity index (χ1n) is 7.43. The van der Waals surface area contributed by atoms with Gasteiger partial charge in [-0.1, -0.05) is 41.9 Å². The number of benzene rings is 1. The Balaban J connectivity index is 2.47. The zero-order chi connectivity index (χ0) is 14.6. The van der Waals surface area contributed by atoms with Crippen LogP contribution in [0.15, 0.2) is 28.7 Å². The summed E-state index contributed by atoms with van der Waals surface area (Å²) in [6.45, 7) is 8.22. The second-order valence-corrected chi connectivity index (χ2v) is 5.65. The summed E-state index contributed by atoms with van der Waals surface area (Å²) in [6, 6.07) is 8.30. The number of rotatable bonds is 11. The SMILES string of the molecule is CCCNCC(OCCOCCC)c1cccc(Br)c1. The molecule has 0 amide bonds. The summed E-state index contributed by atoms with van der Waals surface area (Å²) >= 11 is 3.51. The molecule has 0 aromatic heterocycles. The third-order valence-corrected chi connectivity index (χ3v) is 3.37. The molecule has 20 heavy (non-hydrogen) atoms. The minimum Gasteiger partial charge on any atom is -0.379 e. The largest absolute Gasteiger partial charge is 0.379 e. The molecule has 0 spiro atoms. The zero-order valence-corrected chi connectivity index (χ0v) is 14.1. The molecule has 4 heteroatoms. The zero-order valence-electron chi connectivity index (χ0n) is 12.5. The molecule has 0 aliphatic carbocycles. The van der Waals surface area contributed by atoms with E-state index in [-0.39, 0.29) is 6.10 Å². The van der Waals surface area contributed by atoms with Gasteiger partial charge in [-0.3, -0.25) is 0 Å². The highest BCUT2D eigenvalue weighted by Crippen LogP contribution is 2.20. The van der Waals surface area contributed by atoms with Crippen LogP contribution in [0.25, 0.3) is 0 Å². The molecule has 0 saturated carbocycles. The molecule has 0 saturated heterocycles. The van der Waals surface area contributed by atoms with E-state index in [2.05, 4.69) is 47.2 Å². The third-order valence-electron chi connectivity index (χ3n) is 2.87. The van der Waals surface area contributed by atoms with E-state index in [1.165, 1.54) is 5.56 Å². The van der Waals surface area contributed by atoms with Crippen molar-refractivity contribution in [2.24, 2.45) is 0 Å². The van der Waals surface area contributed by atoms with Gasteiger partial charge in [-0.05, 0) is 37.1 Å². The van der Waals surface area contributed by atoms with Gasteiger partial charge in [-0.25, -0.2) is 0 Å². The molecule has 0 bridgehead atoms. The van der Waals surface area contributed by atoms with Crippen LogP contribution in [-0.4, -0.2) is 32.9 Å². The molecule has 1 rings (SSSR count). The second kappa shape index (κ2) is 11.3. The molecular formula is C16H26BrNO2. The molecular weight excluding hydrogens is 318 g/mol. The predicted octanol–water partition coefficient (Wildman–Crippen LogP) is 3.93. The lowest BCUT2D eigenvalue weighted by atomic mass is 10.1. The van der Waals surface area contributed by atoms with E-state index in [0.29, 0.717) is 13.2 Å². The summed E-state index contributed by atoms with van der Waals surface area (Å²) in [4.78, 5) is 0. The fourth-order valence-electron chi connectivity index (χ4n) is 1.89. The normalized spacial score (nSPS) is 12.6. The Bertz CT molecular complexity index is 360. The minimum absolute atomic E-state index is 0.0734. The van der Waals surface area contributed by atoms with Crippen LogP contribution in [0.1, 0.15) is 38.4 Å². The van der Waals surface area contributed by atoms with Gasteiger partial charge in [0.05, 0.1) is 19.3 Å². The lowest BCUT2D eigenvalue weighted by Gasteiger charge is -2.19. The Morgan fingerprint density at radius 1 is 1.15 bits per heavy atom. The molecule has 0 fully saturated rings. The van der Waals surface area contributed by atoms with Gasteiger partial charge < -0.3 is 14.8 Å². The van der Waals surface area contributed by atoms with Gasteiger partial charge in [0.15, 0.2) is 0 Å². The molecule has 0 heterocycles. The molecule has 0 radical (unpaired) electrons. The monoisotopic (exact) mass is 343 g/mol. The number of hydrogen-bond donors (Lipinski definition) is 1. The van der Waals surface area contributed by atoms with Gasteiger partial charge in [0.1, 0.15) is 0 Å². The number of halogens is 1. The summed E-state index contributed by atoms with van der Waals surface area (Å²) < 4.78 is 12.5. The van der Waals surface area contributed by atoms with Crippen molar-refractivity contribution in [2.75, 3.05) is 32.9 Å². The van der Waals surface area contributed by atoms with Gasteiger partial charge >= 0.3 is 0 Å². The van der Waals surface area contributed by atoms with Crippen molar-refractivity contribution in [3.05, 3.63) is 34.3 Å². The molecule has 1 atom stereocenters. The van der Waals surface area contributed by atoms with Crippen LogP contribution in [0, 0.1) is 0 Å². The maximum atomic E-state index is 5.97. The highest BCUT2D eigenvalue weighted by Gasteiger charge is 2.11. The molecule has 1 aromatic carbocycles. The molecule has 114 valence electrons. The Morgan fingerprint density at radius 3 is 2.70 bits per heavy atom. The van der Waals surface area contributed by atoms with Crippen molar-refractivity contribution in [1.82, 2.24) is 5.32 Å². The molecule has 1 aromatic rings. The predicted molar refractivity (Wildman–Crippen MR) is 87.1 cm³/mol. The molecule has 1 unspecified atom stereocenters. The highest BCUT2D eigenvalue weighted by molar-refractivity contribution is 9.10. The molecule has 1 N–H and O–H groups in total. The van der Waals surface area contributed by atoms with E-state index in [1.807, 2.05) is 12.1 Å². The number of hydrogen-bond acceptors (Lipinski definition) is 3. The fraction of sp³-hybridized carbons (Fsp3) is 0.625. The van der Waals surface area contributed by atoms with E-state index in [0.717, 1.165) is 37.0 Å². The van der Waals surface area contributed by atoms with Crippen LogP contribution in [-0.2, 0) is 9.47 Å². The standard InChI is InChI=1S/C16H26BrNO2/c1-3-8-18-13-16(20-11-10-19-9-4-2)14-6-5-7-15(17)12-14/h5-7,12,16,18H,3-4,8-11,13H2,1-2H3. The Morgan fingerprint density at radius 2 is 2.00 bits per heavy atom. The molecule has 3 nitrogen and oxygen atoms in total. The Kier molecular flexibility index (Phi) is 9.93. The second-order valence-electron chi connectivity index (χ2n) is 4.73. The maximum Gasteiger partial charge on any atom is 0.0950 e. The van der Waals surface area contributed by atoms with E-state index in [1.54, 1.807) is 0 Å². The first-order valence-corrected chi connectivity index (χ1v) is 8.22. The number of nitrogens with one attached hydrogen (secondary N) is 1. The number of ether oxygens (including phenoxy) is 2. The average Bonchev–Trinajstić information content (AvgIpc) is 2.45. The van der Waals surface area contributed by atoms with Crippen molar-refractivity contribution >= 4 is 15.9 Å². The van der Waals surface area contributed by atoms with Crippen LogP contribution in [0.2, 0.25) is 0 Å². The quantitative estimate of drug-likeness (QED) is 0.617. The lowest BCUT2D eigenvalue weighted by Crippen LogP contribution is -2.25. The van der Waals surface area contributed by atoms with Crippen molar-refractivity contribution in [3.8, 4) is 0 Å². The van der Waals surface area contributed by atoms with E-state index < -0.39 is 0 Å². The summed E-state index contributed by atoms with van der Waals surface area (Å²) in [7, 11) is 0. The summed E-state index contributed by atoms with van der Waals surface area (Å²) in [5.74, 6) is 0. The Labute approximate surface area is 131 Å². The van der Waals surface area contributed by atoms with E-state index >= 15 is 0 Å². The van der Waals surface area contributed by atoms with Gasteiger partial charge in [0, 0.05) is 17.6 Å². The molecule has 0 aliphatic heterocycles. The van der Waals surface area contributed by atoms with Crippen LogP contribution < -0.4 is 5.32 Å². The van der Waals surface area contributed by atoms with Gasteiger partial charge in [-0.15, -0.1) is 0 Å². The average molecular weight is 344 g/mol. The van der Waals surface area contributed by atoms with E-state index in [9.17, 15) is 0 Å².